The first-order valence-corrected chi connectivity index (χ1v) is 5.44. The van der Waals surface area contributed by atoms with E-state index in [1.54, 1.807) is 6.92 Å². The number of hydrogen-bond acceptors (Lipinski definition) is 3. The number of fused-ring (bicyclic) bond motifs is 2. The highest BCUT2D eigenvalue weighted by atomic mass is 79.9. The van der Waals surface area contributed by atoms with Crippen LogP contribution in [-0.2, 0) is 14.3 Å². The first kappa shape index (κ1) is 9.96. The number of aliphatic carboxylic acids is 1. The summed E-state index contributed by atoms with van der Waals surface area (Å²) in [5, 5.41) is 9.03. The second kappa shape index (κ2) is 2.95. The summed E-state index contributed by atoms with van der Waals surface area (Å²) in [6.45, 7) is 1.69. The molecule has 1 N–H and O–H groups in total. The Labute approximate surface area is 89.7 Å². The van der Waals surface area contributed by atoms with Crippen molar-refractivity contribution in [3.63, 3.8) is 0 Å². The van der Waals surface area contributed by atoms with Crippen molar-refractivity contribution in [2.24, 2.45) is 11.3 Å². The highest BCUT2D eigenvalue weighted by Crippen LogP contribution is 2.50. The van der Waals surface area contributed by atoms with Crippen molar-refractivity contribution < 1.29 is 19.4 Å². The van der Waals surface area contributed by atoms with Gasteiger partial charge in [0.15, 0.2) is 0 Å². The van der Waals surface area contributed by atoms with Gasteiger partial charge in [-0.3, -0.25) is 9.59 Å². The number of rotatable bonds is 1. The molecule has 0 unspecified atom stereocenters. The molecular weight excluding hydrogens is 252 g/mol. The van der Waals surface area contributed by atoms with Crippen LogP contribution in [0.1, 0.15) is 19.8 Å². The maximum absolute atomic E-state index is 11.5. The van der Waals surface area contributed by atoms with Gasteiger partial charge in [0, 0.05) is 6.42 Å². The highest BCUT2D eigenvalue weighted by Gasteiger charge is 2.59. The molecule has 2 aliphatic rings. The van der Waals surface area contributed by atoms with Crippen LogP contribution in [-0.4, -0.2) is 28.0 Å². The first-order valence-electron chi connectivity index (χ1n) is 4.53. The molecule has 2 rings (SSSR count). The van der Waals surface area contributed by atoms with Crippen LogP contribution in [0.15, 0.2) is 0 Å². The van der Waals surface area contributed by atoms with Crippen molar-refractivity contribution in [3.05, 3.63) is 0 Å². The van der Waals surface area contributed by atoms with E-state index in [1.807, 2.05) is 0 Å². The molecule has 0 spiro atoms. The summed E-state index contributed by atoms with van der Waals surface area (Å²) < 4.78 is 5.13. The lowest BCUT2D eigenvalue weighted by Gasteiger charge is -2.32. The van der Waals surface area contributed by atoms with Crippen LogP contribution in [0.4, 0.5) is 0 Å². The Balaban J connectivity index is 2.35. The molecule has 1 saturated carbocycles. The number of carboxylic acid groups (broad SMARTS) is 1. The quantitative estimate of drug-likeness (QED) is 0.570. The van der Waals surface area contributed by atoms with Gasteiger partial charge in [0.1, 0.15) is 6.10 Å². The van der Waals surface area contributed by atoms with Crippen molar-refractivity contribution in [3.8, 4) is 0 Å². The van der Waals surface area contributed by atoms with Crippen LogP contribution < -0.4 is 0 Å². The minimum Gasteiger partial charge on any atom is -0.481 e. The number of carbonyl (C=O) groups is 2. The fraction of sp³-hybridized carbons (Fsp3) is 0.778. The second-order valence-electron chi connectivity index (χ2n) is 4.21. The van der Waals surface area contributed by atoms with Crippen LogP contribution in [0.5, 0.6) is 0 Å². The summed E-state index contributed by atoms with van der Waals surface area (Å²) in [7, 11) is 0. The Morgan fingerprint density at radius 3 is 2.93 bits per heavy atom. The molecule has 0 aromatic rings. The van der Waals surface area contributed by atoms with E-state index in [9.17, 15) is 9.59 Å². The van der Waals surface area contributed by atoms with Gasteiger partial charge >= 0.3 is 11.9 Å². The van der Waals surface area contributed by atoms with E-state index in [0.29, 0.717) is 12.8 Å². The molecule has 1 heterocycles. The van der Waals surface area contributed by atoms with Gasteiger partial charge in [-0.25, -0.2) is 0 Å². The van der Waals surface area contributed by atoms with E-state index in [2.05, 4.69) is 15.9 Å². The summed E-state index contributed by atoms with van der Waals surface area (Å²) in [5.41, 5.74) is -0.819. The third-order valence-electron chi connectivity index (χ3n) is 3.28. The Kier molecular flexibility index (Phi) is 2.10. The van der Waals surface area contributed by atoms with E-state index in [1.165, 1.54) is 0 Å². The lowest BCUT2D eigenvalue weighted by Crippen LogP contribution is -2.42. The Hall–Kier alpha value is -0.580. The van der Waals surface area contributed by atoms with E-state index < -0.39 is 17.3 Å². The number of halogens is 1. The largest absolute Gasteiger partial charge is 0.481 e. The molecule has 1 saturated heterocycles. The molecule has 2 bridgehead atoms. The molecule has 0 radical (unpaired) electrons. The lowest BCUT2D eigenvalue weighted by molar-refractivity contribution is -0.156. The number of hydrogen-bond donors (Lipinski definition) is 1. The normalized spacial score (nSPS) is 46.1. The molecular formula is C9H11BrO4. The van der Waals surface area contributed by atoms with Crippen LogP contribution in [0.2, 0.25) is 0 Å². The zero-order chi connectivity index (χ0) is 10.5. The standard InChI is InChI=1S/C9H11BrO4/c1-9-3-6(14-8(9)13)5(10)2-4(9)7(11)12/h4-6H,2-3H2,1H3,(H,11,12)/t4-,5+,6-,9+/m1/s1. The van der Waals surface area contributed by atoms with Gasteiger partial charge in [-0.1, -0.05) is 15.9 Å². The maximum Gasteiger partial charge on any atom is 0.313 e. The van der Waals surface area contributed by atoms with Crippen molar-refractivity contribution in [2.45, 2.75) is 30.7 Å². The summed E-state index contributed by atoms with van der Waals surface area (Å²) in [5.74, 6) is -1.90. The van der Waals surface area contributed by atoms with Crippen molar-refractivity contribution in [2.75, 3.05) is 0 Å². The van der Waals surface area contributed by atoms with Crippen molar-refractivity contribution in [1.82, 2.24) is 0 Å². The minimum absolute atomic E-state index is 0.0249. The van der Waals surface area contributed by atoms with Crippen LogP contribution in [0.3, 0.4) is 0 Å². The predicted molar refractivity (Wildman–Crippen MR) is 51.1 cm³/mol. The van der Waals surface area contributed by atoms with Gasteiger partial charge < -0.3 is 9.84 Å². The van der Waals surface area contributed by atoms with Crippen molar-refractivity contribution in [1.29, 1.82) is 0 Å². The van der Waals surface area contributed by atoms with Gasteiger partial charge in [-0.2, -0.15) is 0 Å². The lowest BCUT2D eigenvalue weighted by atomic mass is 9.68. The average molecular weight is 263 g/mol. The number of carboxylic acids is 1. The number of carbonyl (C=O) groups excluding carboxylic acids is 1. The maximum atomic E-state index is 11.5. The van der Waals surface area contributed by atoms with Gasteiger partial charge in [0.05, 0.1) is 16.2 Å². The molecule has 0 aromatic carbocycles. The minimum atomic E-state index is -0.908. The number of esters is 1. The molecule has 4 nitrogen and oxygen atoms in total. The molecule has 1 aliphatic carbocycles. The van der Waals surface area contributed by atoms with E-state index in [0.717, 1.165) is 0 Å². The summed E-state index contributed by atoms with van der Waals surface area (Å²) in [6, 6.07) is 0. The summed E-state index contributed by atoms with van der Waals surface area (Å²) >= 11 is 3.36. The molecule has 4 atom stereocenters. The molecule has 0 aromatic heterocycles. The van der Waals surface area contributed by atoms with Crippen LogP contribution in [0, 0.1) is 11.3 Å². The van der Waals surface area contributed by atoms with E-state index in [4.69, 9.17) is 9.84 Å². The van der Waals surface area contributed by atoms with Gasteiger partial charge in [0.25, 0.3) is 0 Å². The molecule has 5 heteroatoms. The Bertz CT molecular complexity index is 303. The Morgan fingerprint density at radius 1 is 1.71 bits per heavy atom. The topological polar surface area (TPSA) is 63.6 Å². The molecule has 14 heavy (non-hydrogen) atoms. The first-order chi connectivity index (χ1) is 6.45. The highest BCUT2D eigenvalue weighted by molar-refractivity contribution is 9.09. The third-order valence-corrected chi connectivity index (χ3v) is 4.24. The summed E-state index contributed by atoms with van der Waals surface area (Å²) in [4.78, 5) is 22.5. The van der Waals surface area contributed by atoms with Gasteiger partial charge in [-0.15, -0.1) is 0 Å². The number of ether oxygens (including phenoxy) is 1. The van der Waals surface area contributed by atoms with E-state index >= 15 is 0 Å². The fourth-order valence-corrected chi connectivity index (χ4v) is 2.98. The van der Waals surface area contributed by atoms with E-state index in [-0.39, 0.29) is 16.9 Å². The average Bonchev–Trinajstić information content (AvgIpc) is 2.34. The fourth-order valence-electron chi connectivity index (χ4n) is 2.31. The molecule has 1 aliphatic heterocycles. The second-order valence-corrected chi connectivity index (χ2v) is 5.38. The smallest absolute Gasteiger partial charge is 0.313 e. The van der Waals surface area contributed by atoms with Gasteiger partial charge in [0.2, 0.25) is 0 Å². The van der Waals surface area contributed by atoms with Crippen LogP contribution in [0.25, 0.3) is 0 Å². The monoisotopic (exact) mass is 262 g/mol. The zero-order valence-corrected chi connectivity index (χ0v) is 9.28. The zero-order valence-electron chi connectivity index (χ0n) is 7.70. The SMILES string of the molecule is C[C@@]12C[C@@H](OC1=O)[C@@H](Br)C[C@@H]2C(=O)O. The Morgan fingerprint density at radius 2 is 2.36 bits per heavy atom. The molecule has 78 valence electrons. The third kappa shape index (κ3) is 1.18. The molecule has 2 fully saturated rings. The summed E-state index contributed by atoms with van der Waals surface area (Å²) in [6.07, 6.45) is 0.823. The van der Waals surface area contributed by atoms with Crippen molar-refractivity contribution >= 4 is 27.9 Å². The predicted octanol–water partition coefficient (Wildman–Crippen LogP) is 1.18. The molecule has 0 amide bonds. The number of alkyl halides is 1. The van der Waals surface area contributed by atoms with Crippen LogP contribution >= 0.6 is 15.9 Å². The van der Waals surface area contributed by atoms with Gasteiger partial charge in [-0.05, 0) is 13.3 Å².